The van der Waals surface area contributed by atoms with E-state index in [1.165, 1.54) is 0 Å². The Morgan fingerprint density at radius 3 is 2.46 bits per heavy atom. The summed E-state index contributed by atoms with van der Waals surface area (Å²) < 4.78 is 1.93. The van der Waals surface area contributed by atoms with Crippen LogP contribution in [-0.2, 0) is 0 Å². The zero-order valence-electron chi connectivity index (χ0n) is 16.6. The SMILES string of the molecule is Cc1ccc(NC(=O)NCCNc2cc(-n3cnc(C)c3C)nc(C)n2)cc1. The van der Waals surface area contributed by atoms with E-state index in [1.807, 2.05) is 62.6 Å². The molecule has 0 atom stereocenters. The molecular formula is C20H25N7O. The molecule has 3 N–H and O–H groups in total. The summed E-state index contributed by atoms with van der Waals surface area (Å²) in [7, 11) is 0. The van der Waals surface area contributed by atoms with E-state index in [0.717, 1.165) is 28.5 Å². The van der Waals surface area contributed by atoms with Crippen molar-refractivity contribution in [3.8, 4) is 5.82 Å². The fraction of sp³-hybridized carbons (Fsp3) is 0.300. The van der Waals surface area contributed by atoms with Crippen molar-refractivity contribution >= 4 is 17.5 Å². The topological polar surface area (TPSA) is 96.8 Å². The van der Waals surface area contributed by atoms with Crippen LogP contribution in [0.5, 0.6) is 0 Å². The number of hydrogen-bond donors (Lipinski definition) is 3. The fourth-order valence-electron chi connectivity index (χ4n) is 2.67. The van der Waals surface area contributed by atoms with Gasteiger partial charge in [0.15, 0.2) is 0 Å². The number of anilines is 2. The first kappa shape index (κ1) is 19.3. The van der Waals surface area contributed by atoms with E-state index in [9.17, 15) is 4.79 Å². The highest BCUT2D eigenvalue weighted by Gasteiger charge is 2.08. The molecule has 2 amide bonds. The Balaban J connectivity index is 1.52. The summed E-state index contributed by atoms with van der Waals surface area (Å²) in [6, 6.07) is 9.28. The molecule has 0 aliphatic carbocycles. The van der Waals surface area contributed by atoms with Gasteiger partial charge in [0.1, 0.15) is 23.8 Å². The van der Waals surface area contributed by atoms with Crippen molar-refractivity contribution < 1.29 is 4.79 Å². The van der Waals surface area contributed by atoms with Gasteiger partial charge in [-0.25, -0.2) is 19.7 Å². The maximum atomic E-state index is 12.0. The zero-order chi connectivity index (χ0) is 20.1. The number of imidazole rings is 1. The monoisotopic (exact) mass is 379 g/mol. The van der Waals surface area contributed by atoms with Gasteiger partial charge in [0, 0.05) is 30.5 Å². The number of rotatable bonds is 6. The standard InChI is InChI=1S/C20H25N7O/c1-13-5-7-17(8-6-13)26-20(28)22-10-9-21-18-11-19(25-16(4)24-18)27-12-23-14(2)15(27)3/h5-8,11-12H,9-10H2,1-4H3,(H,21,24,25)(H2,22,26,28). The number of amides is 2. The third kappa shape index (κ3) is 4.85. The smallest absolute Gasteiger partial charge is 0.319 e. The van der Waals surface area contributed by atoms with Crippen molar-refractivity contribution in [2.75, 3.05) is 23.7 Å². The molecule has 8 heteroatoms. The van der Waals surface area contributed by atoms with E-state index in [-0.39, 0.29) is 6.03 Å². The van der Waals surface area contributed by atoms with Crippen molar-refractivity contribution in [1.82, 2.24) is 24.8 Å². The number of aryl methyl sites for hydroxylation is 3. The van der Waals surface area contributed by atoms with Gasteiger partial charge < -0.3 is 16.0 Å². The van der Waals surface area contributed by atoms with Gasteiger partial charge in [-0.05, 0) is 39.8 Å². The van der Waals surface area contributed by atoms with Gasteiger partial charge in [-0.1, -0.05) is 17.7 Å². The number of nitrogens with zero attached hydrogens (tertiary/aromatic N) is 4. The van der Waals surface area contributed by atoms with Crippen LogP contribution in [0, 0.1) is 27.7 Å². The molecular weight excluding hydrogens is 354 g/mol. The third-order valence-corrected chi connectivity index (χ3v) is 4.35. The summed E-state index contributed by atoms with van der Waals surface area (Å²) in [4.78, 5) is 25.2. The maximum absolute atomic E-state index is 12.0. The average molecular weight is 379 g/mol. The number of hydrogen-bond acceptors (Lipinski definition) is 5. The first-order valence-corrected chi connectivity index (χ1v) is 9.14. The lowest BCUT2D eigenvalue weighted by Gasteiger charge is -2.11. The van der Waals surface area contributed by atoms with Crippen LogP contribution in [0.4, 0.5) is 16.3 Å². The Morgan fingerprint density at radius 1 is 1.04 bits per heavy atom. The van der Waals surface area contributed by atoms with Gasteiger partial charge in [0.25, 0.3) is 0 Å². The van der Waals surface area contributed by atoms with E-state index in [0.29, 0.717) is 24.7 Å². The molecule has 0 unspecified atom stereocenters. The molecule has 0 aliphatic rings. The molecule has 146 valence electrons. The number of nitrogens with one attached hydrogen (secondary N) is 3. The van der Waals surface area contributed by atoms with Crippen molar-refractivity contribution in [2.45, 2.75) is 27.7 Å². The van der Waals surface area contributed by atoms with E-state index in [1.54, 1.807) is 6.33 Å². The minimum Gasteiger partial charge on any atom is -0.368 e. The van der Waals surface area contributed by atoms with Crippen molar-refractivity contribution in [2.24, 2.45) is 0 Å². The van der Waals surface area contributed by atoms with Gasteiger partial charge in [-0.15, -0.1) is 0 Å². The van der Waals surface area contributed by atoms with E-state index >= 15 is 0 Å². The largest absolute Gasteiger partial charge is 0.368 e. The quantitative estimate of drug-likeness (QED) is 0.572. The molecule has 2 aromatic heterocycles. The molecule has 0 saturated carbocycles. The maximum Gasteiger partial charge on any atom is 0.319 e. The summed E-state index contributed by atoms with van der Waals surface area (Å²) in [5.74, 6) is 2.13. The van der Waals surface area contributed by atoms with Crippen molar-refractivity contribution in [3.63, 3.8) is 0 Å². The summed E-state index contributed by atoms with van der Waals surface area (Å²) in [5.41, 5.74) is 3.92. The highest BCUT2D eigenvalue weighted by molar-refractivity contribution is 5.89. The highest BCUT2D eigenvalue weighted by Crippen LogP contribution is 2.15. The zero-order valence-corrected chi connectivity index (χ0v) is 16.6. The second kappa shape index (κ2) is 8.51. The average Bonchev–Trinajstić information content (AvgIpc) is 2.99. The van der Waals surface area contributed by atoms with Gasteiger partial charge in [0.2, 0.25) is 0 Å². The molecule has 1 aromatic carbocycles. The molecule has 28 heavy (non-hydrogen) atoms. The van der Waals surface area contributed by atoms with Crippen LogP contribution in [0.3, 0.4) is 0 Å². The molecule has 0 aliphatic heterocycles. The van der Waals surface area contributed by atoms with Crippen LogP contribution < -0.4 is 16.0 Å². The number of aromatic nitrogens is 4. The van der Waals surface area contributed by atoms with Crippen molar-refractivity contribution in [1.29, 1.82) is 0 Å². The van der Waals surface area contributed by atoms with Crippen LogP contribution >= 0.6 is 0 Å². The predicted octanol–water partition coefficient (Wildman–Crippen LogP) is 3.13. The van der Waals surface area contributed by atoms with Crippen LogP contribution in [0.15, 0.2) is 36.7 Å². The summed E-state index contributed by atoms with van der Waals surface area (Å²) in [5, 5.41) is 8.84. The molecule has 0 radical (unpaired) electrons. The summed E-state index contributed by atoms with van der Waals surface area (Å²) in [6.07, 6.45) is 1.76. The summed E-state index contributed by atoms with van der Waals surface area (Å²) in [6.45, 7) is 8.82. The van der Waals surface area contributed by atoms with Crippen LogP contribution in [0.25, 0.3) is 5.82 Å². The van der Waals surface area contributed by atoms with Gasteiger partial charge in [-0.2, -0.15) is 0 Å². The number of benzene rings is 1. The van der Waals surface area contributed by atoms with Crippen LogP contribution in [0.2, 0.25) is 0 Å². The predicted molar refractivity (Wildman–Crippen MR) is 110 cm³/mol. The molecule has 8 nitrogen and oxygen atoms in total. The molecule has 2 heterocycles. The summed E-state index contributed by atoms with van der Waals surface area (Å²) >= 11 is 0. The number of urea groups is 1. The minimum absolute atomic E-state index is 0.241. The third-order valence-electron chi connectivity index (χ3n) is 4.35. The molecule has 3 aromatic rings. The van der Waals surface area contributed by atoms with E-state index < -0.39 is 0 Å². The first-order chi connectivity index (χ1) is 13.4. The molecule has 3 rings (SSSR count). The first-order valence-electron chi connectivity index (χ1n) is 9.14. The van der Waals surface area contributed by atoms with Crippen molar-refractivity contribution in [3.05, 3.63) is 59.4 Å². The second-order valence-corrected chi connectivity index (χ2v) is 6.62. The lowest BCUT2D eigenvalue weighted by molar-refractivity contribution is 0.252. The van der Waals surface area contributed by atoms with Crippen LogP contribution in [0.1, 0.15) is 22.8 Å². The normalized spacial score (nSPS) is 10.6. The lowest BCUT2D eigenvalue weighted by atomic mass is 10.2. The Morgan fingerprint density at radius 2 is 1.79 bits per heavy atom. The van der Waals surface area contributed by atoms with Gasteiger partial charge in [-0.3, -0.25) is 4.57 Å². The van der Waals surface area contributed by atoms with Crippen LogP contribution in [-0.4, -0.2) is 38.6 Å². The van der Waals surface area contributed by atoms with E-state index in [4.69, 9.17) is 0 Å². The highest BCUT2D eigenvalue weighted by atomic mass is 16.2. The number of carbonyl (C=O) groups excluding carboxylic acids is 1. The van der Waals surface area contributed by atoms with E-state index in [2.05, 4.69) is 30.9 Å². The second-order valence-electron chi connectivity index (χ2n) is 6.62. The molecule has 0 fully saturated rings. The van der Waals surface area contributed by atoms with Gasteiger partial charge >= 0.3 is 6.03 Å². The van der Waals surface area contributed by atoms with Gasteiger partial charge in [0.05, 0.1) is 5.69 Å². The number of carbonyl (C=O) groups is 1. The Bertz CT molecular complexity index is 963. The minimum atomic E-state index is -0.241. The molecule has 0 bridgehead atoms. The molecule has 0 saturated heterocycles. The Labute approximate surface area is 164 Å². The Hall–Kier alpha value is -3.42. The Kier molecular flexibility index (Phi) is 5.88. The molecule has 0 spiro atoms. The fourth-order valence-corrected chi connectivity index (χ4v) is 2.67. The lowest BCUT2D eigenvalue weighted by Crippen LogP contribution is -2.32.